The lowest BCUT2D eigenvalue weighted by molar-refractivity contribution is -0.167. The van der Waals surface area contributed by atoms with E-state index in [2.05, 4.69) is 10.6 Å². The van der Waals surface area contributed by atoms with Gasteiger partial charge in [0.2, 0.25) is 23.6 Å². The second-order valence-corrected chi connectivity index (χ2v) is 18.9. The average Bonchev–Trinajstić information content (AvgIpc) is 3.51. The number of allylic oxidation sites excluding steroid dienone is 3. The second kappa shape index (κ2) is 21.3. The number of nitrogens with one attached hydrogen (secondary N) is 2. The summed E-state index contributed by atoms with van der Waals surface area (Å²) in [5.41, 5.74) is 0.231. The highest BCUT2D eigenvalue weighted by atomic mass is 35.5. The number of nitrogens with zero attached hydrogens (tertiary/aromatic N) is 2. The third kappa shape index (κ3) is 12.9. The molecule has 0 spiro atoms. The number of thioether (sulfide) groups is 1. The first-order valence-corrected chi connectivity index (χ1v) is 21.7. The number of anilines is 1. The molecule has 1 aromatic rings. The van der Waals surface area contributed by atoms with E-state index >= 15 is 0 Å². The number of aliphatic hydroxyl groups is 1. The van der Waals surface area contributed by atoms with E-state index in [9.17, 15) is 33.9 Å². The monoisotopic (exact) mass is 892 g/mol. The van der Waals surface area contributed by atoms with E-state index in [4.69, 9.17) is 35.3 Å². The van der Waals surface area contributed by atoms with Crippen LogP contribution >= 0.6 is 23.4 Å². The molecule has 5 amide bonds. The first-order valence-electron chi connectivity index (χ1n) is 20.4. The number of esters is 1. The molecule has 0 radical (unpaired) electrons. The number of hydrogen-bond donors (Lipinski definition) is 3. The van der Waals surface area contributed by atoms with E-state index in [1.54, 1.807) is 31.3 Å². The fraction of sp³-hybridized carbons (Fsp3) is 0.628. The van der Waals surface area contributed by atoms with Gasteiger partial charge in [0.05, 0.1) is 37.2 Å². The molecule has 3 aliphatic rings. The Labute approximate surface area is 367 Å². The van der Waals surface area contributed by atoms with Gasteiger partial charge in [-0.2, -0.15) is 0 Å². The quantitative estimate of drug-likeness (QED) is 0.201. The number of methoxy groups -OCH3 is 2. The minimum atomic E-state index is -1.82. The number of benzene rings is 1. The summed E-state index contributed by atoms with van der Waals surface area (Å²) >= 11 is 8.10. The number of carbonyl (C=O) groups excluding carboxylic acids is 6. The number of imide groups is 1. The largest absolute Gasteiger partial charge is 0.495 e. The zero-order valence-corrected chi connectivity index (χ0v) is 38.3. The van der Waals surface area contributed by atoms with Crippen molar-refractivity contribution >= 4 is 64.7 Å². The lowest BCUT2D eigenvalue weighted by Crippen LogP contribution is -2.63. The summed E-state index contributed by atoms with van der Waals surface area (Å²) in [5, 5.41) is 16.3. The normalized spacial score (nSPS) is 28.7. The van der Waals surface area contributed by atoms with Crippen LogP contribution in [0.15, 0.2) is 35.9 Å². The van der Waals surface area contributed by atoms with Gasteiger partial charge >= 0.3 is 12.1 Å². The fourth-order valence-electron chi connectivity index (χ4n) is 7.49. The van der Waals surface area contributed by atoms with Crippen molar-refractivity contribution in [2.24, 2.45) is 5.92 Å². The second-order valence-electron chi connectivity index (χ2n) is 16.6. The highest BCUT2D eigenvalue weighted by Crippen LogP contribution is 2.38. The Hall–Kier alpha value is -4.16. The molecule has 3 N–H and O–H groups in total. The molecule has 18 heteroatoms. The molecular formula is C43H61ClN4O12S. The number of ether oxygens (including phenoxy) is 5. The summed E-state index contributed by atoms with van der Waals surface area (Å²) in [5.74, 6) is -2.38. The first-order chi connectivity index (χ1) is 28.6. The smallest absolute Gasteiger partial charge is 0.409 e. The van der Waals surface area contributed by atoms with Crippen molar-refractivity contribution in [1.82, 2.24) is 15.5 Å². The van der Waals surface area contributed by atoms with Gasteiger partial charge in [0.15, 0.2) is 5.72 Å². The van der Waals surface area contributed by atoms with Gasteiger partial charge in [0.25, 0.3) is 0 Å². The summed E-state index contributed by atoms with van der Waals surface area (Å²) in [6.07, 6.45) is 1.92. The Morgan fingerprint density at radius 1 is 1.18 bits per heavy atom. The molecule has 2 fully saturated rings. The molecule has 61 heavy (non-hydrogen) atoms. The zero-order valence-electron chi connectivity index (χ0n) is 36.7. The molecule has 0 aliphatic carbocycles. The van der Waals surface area contributed by atoms with Crippen molar-refractivity contribution in [2.45, 2.75) is 133 Å². The lowest BCUT2D eigenvalue weighted by atomic mass is 9.87. The summed E-state index contributed by atoms with van der Waals surface area (Å²) < 4.78 is 28.7. The minimum Gasteiger partial charge on any atom is -0.495 e. The molecular weight excluding hydrogens is 832 g/mol. The Bertz CT molecular complexity index is 1880. The van der Waals surface area contributed by atoms with Crippen molar-refractivity contribution < 1.29 is 57.6 Å². The van der Waals surface area contributed by atoms with Crippen LogP contribution < -0.4 is 20.3 Å². The van der Waals surface area contributed by atoms with Crippen molar-refractivity contribution in [2.75, 3.05) is 39.8 Å². The molecule has 1 aromatic carbocycles. The van der Waals surface area contributed by atoms with Gasteiger partial charge in [-0.1, -0.05) is 63.1 Å². The molecule has 3 aliphatic heterocycles. The average molecular weight is 893 g/mol. The number of amides is 5. The predicted molar refractivity (Wildman–Crippen MR) is 230 cm³/mol. The third-order valence-corrected chi connectivity index (χ3v) is 13.3. The summed E-state index contributed by atoms with van der Waals surface area (Å²) in [6, 6.07) is 2.49. The SMILES string of the molecule is CCC1OC[C@@H](OC(=O)[C@H](C)N(C)C(=O)CCC(C)(C)SC2CC(=O)NC2=O)CC(=O)N(C)c2cc(cc(OC)c2Cl)C/C(C)=C/C=C/[C@@H](OC)[C@@]2(O)C[C@H](OC(=O)N2)[C@H]1C. The van der Waals surface area contributed by atoms with Gasteiger partial charge in [0, 0.05) is 51.1 Å². The molecule has 0 saturated carbocycles. The van der Waals surface area contributed by atoms with Gasteiger partial charge in [-0.25, -0.2) is 9.59 Å². The maximum Gasteiger partial charge on any atom is 0.409 e. The van der Waals surface area contributed by atoms with Crippen LogP contribution in [-0.4, -0.2) is 127 Å². The van der Waals surface area contributed by atoms with Gasteiger partial charge in [0.1, 0.15) is 35.1 Å². The van der Waals surface area contributed by atoms with E-state index in [1.165, 1.54) is 49.8 Å². The van der Waals surface area contributed by atoms with E-state index in [0.717, 1.165) is 11.1 Å². The minimum absolute atomic E-state index is 0.0380. The van der Waals surface area contributed by atoms with Crippen LogP contribution in [0, 0.1) is 5.92 Å². The number of fused-ring (bicyclic) bond motifs is 4. The standard InChI is InChI=1S/C43H61ClN4O12S/c1-11-30-25(3)32-22-43(55,46-41(54)60-32)34(57-10)14-12-13-24(2)17-27-18-29(38(44)31(19-27)56-9)48(8)37(51)20-28(23-58-30)59-40(53)26(4)47(7)36(50)15-16-42(5,6)61-33-21-35(49)45-39(33)52/h12-14,18-19,25-26,28,30,32-34,55H,11,15-17,20-23H2,1-10H3,(H,46,54)(H,45,49,52)/b14-12+,24-13+/t25-,26-,28-,30?,32-,33?,34+,43-/m0/s1. The van der Waals surface area contributed by atoms with Crippen LogP contribution in [0.5, 0.6) is 5.75 Å². The number of rotatable bonds is 11. The molecule has 4 bridgehead atoms. The summed E-state index contributed by atoms with van der Waals surface area (Å²) in [7, 11) is 5.95. The Kier molecular flexibility index (Phi) is 17.3. The summed E-state index contributed by atoms with van der Waals surface area (Å²) in [6.45, 7) is 10.7. The Morgan fingerprint density at radius 2 is 1.89 bits per heavy atom. The van der Waals surface area contributed by atoms with E-state index in [0.29, 0.717) is 30.7 Å². The molecule has 2 unspecified atom stereocenters. The van der Waals surface area contributed by atoms with Crippen LogP contribution in [0.4, 0.5) is 10.5 Å². The van der Waals surface area contributed by atoms with E-state index in [1.807, 2.05) is 40.7 Å². The van der Waals surface area contributed by atoms with Crippen LogP contribution in [-0.2, 0) is 49.3 Å². The molecule has 4 rings (SSSR count). The highest BCUT2D eigenvalue weighted by Gasteiger charge is 2.47. The lowest BCUT2D eigenvalue weighted by Gasteiger charge is -2.43. The Morgan fingerprint density at radius 3 is 2.51 bits per heavy atom. The van der Waals surface area contributed by atoms with Crippen LogP contribution in [0.3, 0.4) is 0 Å². The van der Waals surface area contributed by atoms with Crippen LogP contribution in [0.25, 0.3) is 0 Å². The summed E-state index contributed by atoms with van der Waals surface area (Å²) in [4.78, 5) is 80.7. The topological polar surface area (TPSA) is 199 Å². The molecule has 3 heterocycles. The molecule has 0 aromatic heterocycles. The van der Waals surface area contributed by atoms with Crippen molar-refractivity contribution in [1.29, 1.82) is 0 Å². The fourth-order valence-corrected chi connectivity index (χ4v) is 9.20. The number of likely N-dealkylation sites (N-methyl/N-ethyl adjacent to an activating group) is 1. The zero-order chi connectivity index (χ0) is 45.4. The molecule has 338 valence electrons. The molecule has 8 atom stereocenters. The van der Waals surface area contributed by atoms with Gasteiger partial charge in [-0.3, -0.25) is 29.8 Å². The van der Waals surface area contributed by atoms with Crippen molar-refractivity contribution in [3.8, 4) is 5.75 Å². The number of carbonyl (C=O) groups is 6. The maximum atomic E-state index is 14.1. The highest BCUT2D eigenvalue weighted by molar-refractivity contribution is 8.02. The number of alkyl carbamates (subject to hydrolysis) is 1. The van der Waals surface area contributed by atoms with Gasteiger partial charge in [-0.05, 0) is 50.8 Å². The number of hydrogen-bond acceptors (Lipinski definition) is 13. The van der Waals surface area contributed by atoms with Crippen LogP contribution in [0.2, 0.25) is 5.02 Å². The molecule has 16 nitrogen and oxygen atoms in total. The van der Waals surface area contributed by atoms with Gasteiger partial charge in [-0.15, -0.1) is 11.8 Å². The Balaban J connectivity index is 1.61. The van der Waals surface area contributed by atoms with Gasteiger partial charge < -0.3 is 38.6 Å². The van der Waals surface area contributed by atoms with Crippen molar-refractivity contribution in [3.05, 3.63) is 46.5 Å². The molecule has 2 saturated heterocycles. The van der Waals surface area contributed by atoms with E-state index < -0.39 is 70.1 Å². The number of halogens is 1. The third-order valence-electron chi connectivity index (χ3n) is 11.4. The first kappa shape index (κ1) is 49.5. The van der Waals surface area contributed by atoms with Crippen molar-refractivity contribution in [3.63, 3.8) is 0 Å². The van der Waals surface area contributed by atoms with E-state index in [-0.39, 0.29) is 55.0 Å². The van der Waals surface area contributed by atoms with Crippen LogP contribution in [0.1, 0.15) is 85.6 Å². The maximum absolute atomic E-state index is 14.1. The predicted octanol–water partition coefficient (Wildman–Crippen LogP) is 4.86.